The lowest BCUT2D eigenvalue weighted by atomic mass is 9.75. The number of aliphatic hydroxyl groups is 1. The summed E-state index contributed by atoms with van der Waals surface area (Å²) in [5.74, 6) is -11.2. The molecule has 3 heterocycles. The van der Waals surface area contributed by atoms with Gasteiger partial charge in [0.1, 0.15) is 36.4 Å². The molecule has 12 atom stereocenters. The highest BCUT2D eigenvalue weighted by Gasteiger charge is 2.53. The van der Waals surface area contributed by atoms with E-state index in [4.69, 9.17) is 14.2 Å². The highest BCUT2D eigenvalue weighted by Crippen LogP contribution is 2.38. The summed E-state index contributed by atoms with van der Waals surface area (Å²) in [7, 11) is 4.16. The normalized spacial score (nSPS) is 30.2. The molecule has 82 heavy (non-hydrogen) atoms. The molecule has 456 valence electrons. The number of hydrogen-bond donors (Lipinski definition) is 4. The average molecular weight is 1150 g/mol. The van der Waals surface area contributed by atoms with E-state index in [9.17, 15) is 57.8 Å². The summed E-state index contributed by atoms with van der Waals surface area (Å²) in [4.78, 5) is 154. The first-order valence-corrected chi connectivity index (χ1v) is 29.5. The van der Waals surface area contributed by atoms with Gasteiger partial charge in [0.2, 0.25) is 35.3 Å². The van der Waals surface area contributed by atoms with Crippen LogP contribution in [0, 0.1) is 29.6 Å². The van der Waals surface area contributed by atoms with Crippen LogP contribution in [0.2, 0.25) is 0 Å². The molecule has 5 rings (SSSR count). The molecule has 4 aliphatic rings. The van der Waals surface area contributed by atoms with Gasteiger partial charge in [0.25, 0.3) is 11.7 Å². The van der Waals surface area contributed by atoms with Crippen LogP contribution in [0.4, 0.5) is 0 Å². The average Bonchev–Trinajstić information content (AvgIpc) is 3.44. The summed E-state index contributed by atoms with van der Waals surface area (Å²) in [6, 6.07) is 4.48. The first kappa shape index (κ1) is 66.5. The maximum atomic E-state index is 14.4. The van der Waals surface area contributed by atoms with E-state index in [1.54, 1.807) is 31.2 Å². The zero-order valence-electron chi connectivity index (χ0n) is 49.6. The first-order valence-electron chi connectivity index (χ1n) is 29.5. The fraction of sp³-hybridized carbons (Fsp3) is 0.717. The second-order valence-electron chi connectivity index (χ2n) is 23.8. The number of methoxy groups -OCH3 is 1. The number of nitrogens with zero attached hydrogens (tertiary/aromatic N) is 3. The van der Waals surface area contributed by atoms with Gasteiger partial charge < -0.3 is 54.7 Å². The van der Waals surface area contributed by atoms with Crippen LogP contribution in [0.15, 0.2) is 30.3 Å². The maximum absolute atomic E-state index is 14.4. The summed E-state index contributed by atoms with van der Waals surface area (Å²) in [6.45, 7) is 10.4. The number of carbonyl (C=O) groups excluding carboxylic acids is 11. The Labute approximate surface area is 482 Å². The van der Waals surface area contributed by atoms with E-state index in [0.29, 0.717) is 44.9 Å². The minimum Gasteiger partial charge on any atom is -0.469 e. The Morgan fingerprint density at radius 1 is 0.805 bits per heavy atom. The van der Waals surface area contributed by atoms with Crippen molar-refractivity contribution >= 4 is 64.9 Å². The molecule has 3 aliphatic heterocycles. The van der Waals surface area contributed by atoms with Crippen LogP contribution in [0.5, 0.6) is 0 Å². The van der Waals surface area contributed by atoms with Gasteiger partial charge in [-0.25, -0.2) is 4.79 Å². The number of esters is 3. The standard InChI is InChI=1S/C60H90N6O16/c1-36(2)30-47-55(73)63-45(33-41-16-11-10-12-17-41)57(75)64(7)35-43(67)18-15-28-61-51(69)34-49(38(4)32-42-21-24-48(37(3)31-42)80-53(71)27-26-52(70)79-9)81-59(77)46-19-13-14-29-66(46)58(76)54(72)60(78)39(5)20-22-44(82-60)23-25-50(68)62-40(6)56(74)65(47)8/h10-12,16-17,36-40,42,44-49,78H,13-15,18-35H2,1-9H3,(H,61,69)(H,62,68)(H,63,73)/t37-,38-,39-,40+,42-,44+,45+,46+,47+,48?,49+,60-/m1/s1. The summed E-state index contributed by atoms with van der Waals surface area (Å²) >= 11 is 0. The minimum absolute atomic E-state index is 0.000573. The molecule has 0 radical (unpaired) electrons. The van der Waals surface area contributed by atoms with Crippen LogP contribution in [0.25, 0.3) is 0 Å². The number of Topliss-reactive ketones (excluding diaryl/α,β-unsaturated/α-hetero) is 2. The Morgan fingerprint density at radius 3 is 2.20 bits per heavy atom. The summed E-state index contributed by atoms with van der Waals surface area (Å²) in [6.07, 6.45) is 1.64. The van der Waals surface area contributed by atoms with E-state index >= 15 is 0 Å². The SMILES string of the molecule is COC(=O)CCC(=O)OC1CC[C@@H](C[C@@H](C)[C@@H]2CC(=O)NCCCC(=O)CN(C)C(=O)[C@H](Cc3ccccc3)NC(=O)[C@H](CC(C)C)N(C)C(=O)[C@H](C)NC(=O)CC[C@@H]3CC[C@@H](C)[C@@](O)(O3)C(=O)C(=O)N3CCCC[C@H]3C(=O)O2)C[C@H]1C. The van der Waals surface area contributed by atoms with E-state index in [-0.39, 0.29) is 120 Å². The molecular weight excluding hydrogens is 1060 g/mol. The topological polar surface area (TPSA) is 291 Å². The van der Waals surface area contributed by atoms with Crippen LogP contribution in [-0.4, -0.2) is 174 Å². The van der Waals surface area contributed by atoms with Gasteiger partial charge in [0.15, 0.2) is 5.78 Å². The number of rotatable bonds is 11. The third kappa shape index (κ3) is 19.1. The van der Waals surface area contributed by atoms with Crippen molar-refractivity contribution in [1.82, 2.24) is 30.7 Å². The van der Waals surface area contributed by atoms with Crippen molar-refractivity contribution in [3.05, 3.63) is 35.9 Å². The Hall–Kier alpha value is -6.29. The molecule has 1 saturated carbocycles. The second-order valence-corrected chi connectivity index (χ2v) is 23.8. The van der Waals surface area contributed by atoms with Crippen LogP contribution >= 0.6 is 0 Å². The van der Waals surface area contributed by atoms with E-state index in [0.717, 1.165) is 10.5 Å². The number of ether oxygens (including phenoxy) is 4. The first-order chi connectivity index (χ1) is 38.8. The molecule has 1 aromatic carbocycles. The monoisotopic (exact) mass is 1150 g/mol. The van der Waals surface area contributed by atoms with Gasteiger partial charge in [-0.15, -0.1) is 0 Å². The number of nitrogens with one attached hydrogen (secondary N) is 3. The second kappa shape index (κ2) is 31.4. The van der Waals surface area contributed by atoms with Crippen molar-refractivity contribution in [2.75, 3.05) is 40.8 Å². The highest BCUT2D eigenvalue weighted by atomic mass is 16.6. The number of carbonyl (C=O) groups is 11. The molecule has 22 nitrogen and oxygen atoms in total. The van der Waals surface area contributed by atoms with E-state index in [1.807, 2.05) is 33.8 Å². The fourth-order valence-corrected chi connectivity index (χ4v) is 11.7. The van der Waals surface area contributed by atoms with Gasteiger partial charge in [0, 0.05) is 52.4 Å². The molecule has 0 spiro atoms. The van der Waals surface area contributed by atoms with Crippen molar-refractivity contribution in [3.63, 3.8) is 0 Å². The van der Waals surface area contributed by atoms with E-state index in [2.05, 4.69) is 20.7 Å². The van der Waals surface area contributed by atoms with Crippen LogP contribution in [-0.2, 0) is 78.1 Å². The third-order valence-corrected chi connectivity index (χ3v) is 16.6. The number of benzene rings is 1. The van der Waals surface area contributed by atoms with Gasteiger partial charge in [-0.05, 0) is 113 Å². The Bertz CT molecular complexity index is 2420. The number of cyclic esters (lactones) is 1. The predicted octanol–water partition coefficient (Wildman–Crippen LogP) is 3.89. The highest BCUT2D eigenvalue weighted by molar-refractivity contribution is 6.39. The molecule has 4 N–H and O–H groups in total. The lowest BCUT2D eigenvalue weighted by molar-refractivity contribution is -0.263. The van der Waals surface area contributed by atoms with E-state index in [1.165, 1.54) is 37.9 Å². The zero-order chi connectivity index (χ0) is 60.4. The Balaban J connectivity index is 1.39. The quantitative estimate of drug-likeness (QED) is 0.139. The van der Waals surface area contributed by atoms with Gasteiger partial charge in [0.05, 0.1) is 39.0 Å². The van der Waals surface area contributed by atoms with Gasteiger partial charge >= 0.3 is 17.9 Å². The molecule has 1 aromatic rings. The number of ketones is 2. The molecule has 6 amide bonds. The fourth-order valence-electron chi connectivity index (χ4n) is 11.7. The summed E-state index contributed by atoms with van der Waals surface area (Å²) in [5.41, 5.74) is 0.734. The zero-order valence-corrected chi connectivity index (χ0v) is 49.6. The number of piperidine rings is 1. The van der Waals surface area contributed by atoms with Crippen molar-refractivity contribution in [2.45, 2.75) is 205 Å². The van der Waals surface area contributed by atoms with Crippen LogP contribution in [0.1, 0.15) is 156 Å². The Morgan fingerprint density at radius 2 is 1.51 bits per heavy atom. The van der Waals surface area contributed by atoms with Gasteiger partial charge in [-0.3, -0.25) is 47.9 Å². The van der Waals surface area contributed by atoms with E-state index < -0.39 is 113 Å². The van der Waals surface area contributed by atoms with Crippen molar-refractivity contribution in [2.24, 2.45) is 29.6 Å². The molecule has 1 unspecified atom stereocenters. The smallest absolute Gasteiger partial charge is 0.329 e. The molecule has 3 saturated heterocycles. The van der Waals surface area contributed by atoms with Crippen molar-refractivity contribution < 1.29 is 76.8 Å². The molecule has 0 aromatic heterocycles. The predicted molar refractivity (Wildman–Crippen MR) is 298 cm³/mol. The molecule has 22 heteroatoms. The number of likely N-dealkylation sites (N-methyl/N-ethyl adjacent to an activating group) is 2. The molecular formula is C60H90N6O16. The molecule has 4 fully saturated rings. The molecule has 2 bridgehead atoms. The van der Waals surface area contributed by atoms with Crippen LogP contribution in [0.3, 0.4) is 0 Å². The van der Waals surface area contributed by atoms with Crippen molar-refractivity contribution in [1.29, 1.82) is 0 Å². The van der Waals surface area contributed by atoms with Gasteiger partial charge in [-0.1, -0.05) is 65.0 Å². The number of hydrogen-bond acceptors (Lipinski definition) is 16. The summed E-state index contributed by atoms with van der Waals surface area (Å²) in [5, 5.41) is 20.4. The lowest BCUT2D eigenvalue weighted by Gasteiger charge is -2.42. The van der Waals surface area contributed by atoms with Gasteiger partial charge in [-0.2, -0.15) is 0 Å². The largest absolute Gasteiger partial charge is 0.469 e. The lowest BCUT2D eigenvalue weighted by Crippen LogP contribution is -2.60. The third-order valence-electron chi connectivity index (χ3n) is 16.6. The summed E-state index contributed by atoms with van der Waals surface area (Å²) < 4.78 is 22.6. The maximum Gasteiger partial charge on any atom is 0.329 e. The molecule has 1 aliphatic carbocycles. The minimum atomic E-state index is -2.60. The Kier molecular flexibility index (Phi) is 25.5. The van der Waals surface area contributed by atoms with Crippen LogP contribution < -0.4 is 16.0 Å². The van der Waals surface area contributed by atoms with Crippen molar-refractivity contribution in [3.8, 4) is 0 Å². The number of fused-ring (bicyclic) bond motifs is 3. The number of amides is 6.